The average Bonchev–Trinajstić information content (AvgIpc) is 3.56. The normalized spacial score (nSPS) is 18.7. The Hall–Kier alpha value is -3.91. The first-order chi connectivity index (χ1) is 17.1. The van der Waals surface area contributed by atoms with E-state index >= 15 is 0 Å². The Labute approximate surface area is 209 Å². The van der Waals surface area contributed by atoms with E-state index in [1.165, 1.54) is 5.56 Å². The maximum absolute atomic E-state index is 5.85. The molecule has 6 rings (SSSR count). The summed E-state index contributed by atoms with van der Waals surface area (Å²) in [6, 6.07) is 18.3. The van der Waals surface area contributed by atoms with E-state index in [4.69, 9.17) is 21.7 Å². The van der Waals surface area contributed by atoms with Crippen LogP contribution in [0.15, 0.2) is 73.2 Å². The molecule has 2 atom stereocenters. The fraction of sp³-hybridized carbons (Fsp3) is 0.222. The molecule has 0 bridgehead atoms. The SMILES string of the molecule is Cc1cc([C@@H]2[C@H](c3ccccn3)NC(=S)N2Cc2cccnc2)c(C)n1-c1ccc2c(c1)OCO2. The number of nitrogens with zero attached hydrogens (tertiary/aromatic N) is 4. The Morgan fingerprint density at radius 2 is 1.91 bits per heavy atom. The highest BCUT2D eigenvalue weighted by Gasteiger charge is 2.41. The number of rotatable bonds is 5. The molecule has 0 spiro atoms. The summed E-state index contributed by atoms with van der Waals surface area (Å²) in [4.78, 5) is 11.2. The molecule has 35 heavy (non-hydrogen) atoms. The van der Waals surface area contributed by atoms with Crippen LogP contribution in [0.25, 0.3) is 5.69 Å². The van der Waals surface area contributed by atoms with Gasteiger partial charge in [-0.15, -0.1) is 0 Å². The Morgan fingerprint density at radius 1 is 1.03 bits per heavy atom. The Balaban J connectivity index is 1.45. The molecule has 176 valence electrons. The van der Waals surface area contributed by atoms with Crippen LogP contribution in [-0.2, 0) is 6.54 Å². The van der Waals surface area contributed by atoms with E-state index in [0.717, 1.165) is 39.8 Å². The monoisotopic (exact) mass is 483 g/mol. The summed E-state index contributed by atoms with van der Waals surface area (Å²) in [5, 5.41) is 4.26. The molecule has 0 unspecified atom stereocenters. The molecule has 0 saturated carbocycles. The lowest BCUT2D eigenvalue weighted by molar-refractivity contribution is 0.174. The van der Waals surface area contributed by atoms with Crippen molar-refractivity contribution in [3.05, 3.63) is 101 Å². The van der Waals surface area contributed by atoms with Crippen molar-refractivity contribution in [2.45, 2.75) is 32.5 Å². The summed E-state index contributed by atoms with van der Waals surface area (Å²) < 4.78 is 13.4. The zero-order chi connectivity index (χ0) is 23.9. The number of aryl methyl sites for hydroxylation is 1. The minimum Gasteiger partial charge on any atom is -0.454 e. The quantitative estimate of drug-likeness (QED) is 0.410. The van der Waals surface area contributed by atoms with Gasteiger partial charge in [0.1, 0.15) is 0 Å². The van der Waals surface area contributed by atoms with Gasteiger partial charge in [-0.05, 0) is 73.6 Å². The van der Waals surface area contributed by atoms with Crippen molar-refractivity contribution in [1.82, 2.24) is 24.8 Å². The smallest absolute Gasteiger partial charge is 0.231 e. The van der Waals surface area contributed by atoms with Gasteiger partial charge in [0.05, 0.1) is 17.8 Å². The average molecular weight is 484 g/mol. The number of hydrogen-bond acceptors (Lipinski definition) is 5. The number of ether oxygens (including phenoxy) is 2. The van der Waals surface area contributed by atoms with Gasteiger partial charge >= 0.3 is 0 Å². The number of hydrogen-bond donors (Lipinski definition) is 1. The van der Waals surface area contributed by atoms with Crippen molar-refractivity contribution in [3.63, 3.8) is 0 Å². The summed E-state index contributed by atoms with van der Waals surface area (Å²) in [5.41, 5.74) is 6.59. The Bertz CT molecular complexity index is 1390. The number of pyridine rings is 2. The number of aromatic nitrogens is 3. The van der Waals surface area contributed by atoms with Gasteiger partial charge in [-0.3, -0.25) is 9.97 Å². The number of thiocarbonyl (C=S) groups is 1. The number of fused-ring (bicyclic) bond motifs is 1. The highest BCUT2D eigenvalue weighted by Crippen LogP contribution is 2.43. The number of benzene rings is 1. The molecule has 5 heterocycles. The zero-order valence-corrected chi connectivity index (χ0v) is 20.3. The third-order valence-corrected chi connectivity index (χ3v) is 7.03. The van der Waals surface area contributed by atoms with Crippen LogP contribution in [0.3, 0.4) is 0 Å². The molecule has 2 aliphatic rings. The van der Waals surface area contributed by atoms with Gasteiger partial charge < -0.3 is 24.3 Å². The molecule has 8 heteroatoms. The fourth-order valence-corrected chi connectivity index (χ4v) is 5.42. The van der Waals surface area contributed by atoms with Crippen molar-refractivity contribution in [1.29, 1.82) is 0 Å². The maximum Gasteiger partial charge on any atom is 0.231 e. The van der Waals surface area contributed by atoms with E-state index in [-0.39, 0.29) is 18.9 Å². The second-order valence-corrected chi connectivity index (χ2v) is 9.20. The Kier molecular flexibility index (Phi) is 5.37. The van der Waals surface area contributed by atoms with Crippen LogP contribution >= 0.6 is 12.2 Å². The topological polar surface area (TPSA) is 64.4 Å². The predicted molar refractivity (Wildman–Crippen MR) is 137 cm³/mol. The van der Waals surface area contributed by atoms with Crippen LogP contribution in [0.1, 0.15) is 40.3 Å². The van der Waals surface area contributed by atoms with Crippen LogP contribution in [-0.4, -0.2) is 31.3 Å². The highest BCUT2D eigenvalue weighted by atomic mass is 32.1. The molecule has 4 aromatic rings. The summed E-state index contributed by atoms with van der Waals surface area (Å²) in [6.07, 6.45) is 5.51. The summed E-state index contributed by atoms with van der Waals surface area (Å²) in [5.74, 6) is 1.55. The standard InChI is InChI=1S/C27H25N5O2S/c1-17-12-21(18(2)32(17)20-8-9-23-24(13-20)34-16-33-23)26-25(22-7-3-4-11-29-22)30-27(35)31(26)15-19-6-5-10-28-14-19/h3-14,25-26H,15-16H2,1-2H3,(H,30,35)/t25-,26+/m0/s1. The second-order valence-electron chi connectivity index (χ2n) is 8.82. The van der Waals surface area contributed by atoms with Crippen LogP contribution < -0.4 is 14.8 Å². The lowest BCUT2D eigenvalue weighted by Gasteiger charge is -2.28. The van der Waals surface area contributed by atoms with Gasteiger partial charge in [0, 0.05) is 48.3 Å². The van der Waals surface area contributed by atoms with E-state index in [1.807, 2.05) is 42.7 Å². The van der Waals surface area contributed by atoms with Gasteiger partial charge in [-0.1, -0.05) is 12.1 Å². The van der Waals surface area contributed by atoms with E-state index < -0.39 is 0 Å². The predicted octanol–water partition coefficient (Wildman–Crippen LogP) is 4.79. The van der Waals surface area contributed by atoms with Crippen molar-refractivity contribution in [2.75, 3.05) is 6.79 Å². The third-order valence-electron chi connectivity index (χ3n) is 6.68. The summed E-state index contributed by atoms with van der Waals surface area (Å²) in [7, 11) is 0. The highest BCUT2D eigenvalue weighted by molar-refractivity contribution is 7.80. The van der Waals surface area contributed by atoms with Gasteiger partial charge in [0.15, 0.2) is 16.6 Å². The Morgan fingerprint density at radius 3 is 2.71 bits per heavy atom. The van der Waals surface area contributed by atoms with Gasteiger partial charge in [-0.2, -0.15) is 0 Å². The molecular formula is C27H25N5O2S. The maximum atomic E-state index is 5.85. The van der Waals surface area contributed by atoms with Crippen LogP contribution in [0.2, 0.25) is 0 Å². The zero-order valence-electron chi connectivity index (χ0n) is 19.5. The molecule has 3 aromatic heterocycles. The van der Waals surface area contributed by atoms with E-state index in [0.29, 0.717) is 11.7 Å². The third kappa shape index (κ3) is 3.80. The van der Waals surface area contributed by atoms with Crippen molar-refractivity contribution in [3.8, 4) is 17.2 Å². The molecule has 2 aliphatic heterocycles. The molecule has 0 radical (unpaired) electrons. The summed E-state index contributed by atoms with van der Waals surface area (Å²) in [6.45, 7) is 5.20. The first-order valence-corrected chi connectivity index (χ1v) is 12.0. The molecule has 1 fully saturated rings. The van der Waals surface area contributed by atoms with Crippen LogP contribution in [0, 0.1) is 13.8 Å². The van der Waals surface area contributed by atoms with Crippen LogP contribution in [0.5, 0.6) is 11.5 Å². The first-order valence-electron chi connectivity index (χ1n) is 11.6. The van der Waals surface area contributed by atoms with Crippen molar-refractivity contribution in [2.24, 2.45) is 0 Å². The number of nitrogens with one attached hydrogen (secondary N) is 1. The largest absolute Gasteiger partial charge is 0.454 e. The molecule has 1 saturated heterocycles. The molecule has 7 nitrogen and oxygen atoms in total. The van der Waals surface area contributed by atoms with Crippen molar-refractivity contribution >= 4 is 17.3 Å². The van der Waals surface area contributed by atoms with Crippen LogP contribution in [0.4, 0.5) is 0 Å². The summed E-state index contributed by atoms with van der Waals surface area (Å²) >= 11 is 5.85. The molecule has 1 N–H and O–H groups in total. The second kappa shape index (κ2) is 8.70. The van der Waals surface area contributed by atoms with Gasteiger partial charge in [0.25, 0.3) is 0 Å². The first kappa shape index (κ1) is 21.6. The molecule has 0 amide bonds. The van der Waals surface area contributed by atoms with Crippen molar-refractivity contribution < 1.29 is 9.47 Å². The molecule has 1 aromatic carbocycles. The van der Waals surface area contributed by atoms with E-state index in [9.17, 15) is 0 Å². The molecular weight excluding hydrogens is 458 g/mol. The fourth-order valence-electron chi connectivity index (χ4n) is 5.11. The minimum atomic E-state index is -0.0777. The van der Waals surface area contributed by atoms with E-state index in [2.05, 4.69) is 62.9 Å². The van der Waals surface area contributed by atoms with E-state index in [1.54, 1.807) is 6.20 Å². The lowest BCUT2D eigenvalue weighted by atomic mass is 9.96. The minimum absolute atomic E-state index is 0.0356. The van der Waals surface area contributed by atoms with Gasteiger partial charge in [0.2, 0.25) is 6.79 Å². The van der Waals surface area contributed by atoms with Gasteiger partial charge in [-0.25, -0.2) is 0 Å². The lowest BCUT2D eigenvalue weighted by Crippen LogP contribution is -2.29. The molecule has 0 aliphatic carbocycles.